The van der Waals surface area contributed by atoms with Gasteiger partial charge in [-0.3, -0.25) is 9.59 Å². The van der Waals surface area contributed by atoms with Gasteiger partial charge in [0.2, 0.25) is 0 Å². The summed E-state index contributed by atoms with van der Waals surface area (Å²) in [5.74, 6) is -0.662. The molecule has 4 N–H and O–H groups in total. The largest absolute Gasteiger partial charge is 0.416 e. The molecule has 7 nitrogen and oxygen atoms in total. The monoisotopic (exact) mass is 448 g/mol. The molecule has 2 aromatic rings. The van der Waals surface area contributed by atoms with E-state index in [-0.39, 0.29) is 43.3 Å². The molecule has 170 valence electrons. The van der Waals surface area contributed by atoms with E-state index in [0.29, 0.717) is 11.3 Å². The van der Waals surface area contributed by atoms with Gasteiger partial charge in [0, 0.05) is 37.6 Å². The number of nitrogen functional groups attached to an aromatic ring is 2. The molecule has 2 amide bonds. The van der Waals surface area contributed by atoms with Gasteiger partial charge in [-0.1, -0.05) is 6.07 Å². The first kappa shape index (κ1) is 21.9. The number of ether oxygens (including phenoxy) is 1. The first-order valence-electron chi connectivity index (χ1n) is 10.1. The Hall–Kier alpha value is -3.27. The van der Waals surface area contributed by atoms with Gasteiger partial charge in [-0.25, -0.2) is 0 Å². The Balaban J connectivity index is 1.46. The third-order valence-corrected chi connectivity index (χ3v) is 5.70. The number of rotatable bonds is 2. The molecule has 4 rings (SSSR count). The van der Waals surface area contributed by atoms with Crippen molar-refractivity contribution >= 4 is 23.2 Å². The van der Waals surface area contributed by atoms with Crippen LogP contribution < -0.4 is 11.5 Å². The molecule has 2 aromatic carbocycles. The Bertz CT molecular complexity index is 1060. The summed E-state index contributed by atoms with van der Waals surface area (Å²) in [6, 6.07) is 7.96. The van der Waals surface area contributed by atoms with Crippen LogP contribution in [0, 0.1) is 6.92 Å². The number of aryl methyl sites for hydroxylation is 1. The third-order valence-electron chi connectivity index (χ3n) is 5.70. The second kappa shape index (κ2) is 8.01. The zero-order chi connectivity index (χ0) is 23.2. The smallest absolute Gasteiger partial charge is 0.398 e. The number of benzene rings is 2. The van der Waals surface area contributed by atoms with Crippen molar-refractivity contribution in [2.45, 2.75) is 25.3 Å². The third kappa shape index (κ3) is 4.22. The van der Waals surface area contributed by atoms with Crippen molar-refractivity contribution in [2.75, 3.05) is 37.6 Å². The maximum atomic E-state index is 13.0. The molecule has 2 bridgehead atoms. The van der Waals surface area contributed by atoms with Crippen LogP contribution in [0.5, 0.6) is 0 Å². The zero-order valence-electron chi connectivity index (χ0n) is 17.4. The molecule has 0 spiro atoms. The molecule has 2 heterocycles. The molecule has 2 saturated heterocycles. The molecule has 2 unspecified atom stereocenters. The summed E-state index contributed by atoms with van der Waals surface area (Å²) in [4.78, 5) is 29.1. The van der Waals surface area contributed by atoms with Crippen LogP contribution in [0.25, 0.3) is 0 Å². The first-order chi connectivity index (χ1) is 15.0. The predicted octanol–water partition coefficient (Wildman–Crippen LogP) is 2.54. The van der Waals surface area contributed by atoms with Crippen LogP contribution in [0.3, 0.4) is 0 Å². The minimum atomic E-state index is -4.54. The van der Waals surface area contributed by atoms with E-state index in [4.69, 9.17) is 16.2 Å². The summed E-state index contributed by atoms with van der Waals surface area (Å²) in [6.07, 6.45) is -5.38. The zero-order valence-corrected chi connectivity index (χ0v) is 17.4. The Morgan fingerprint density at radius 2 is 1.34 bits per heavy atom. The van der Waals surface area contributed by atoms with Gasteiger partial charge >= 0.3 is 6.18 Å². The maximum Gasteiger partial charge on any atom is 0.416 e. The van der Waals surface area contributed by atoms with Crippen LogP contribution >= 0.6 is 0 Å². The number of halogens is 3. The lowest BCUT2D eigenvalue weighted by molar-refractivity contribution is -0.137. The molecule has 2 aliphatic rings. The highest BCUT2D eigenvalue weighted by molar-refractivity contribution is 6.00. The minimum absolute atomic E-state index is 0.0123. The number of nitrogens with zero attached hydrogens (tertiary/aromatic N) is 2. The van der Waals surface area contributed by atoms with E-state index in [2.05, 4.69) is 0 Å². The van der Waals surface area contributed by atoms with Crippen molar-refractivity contribution in [2.24, 2.45) is 0 Å². The van der Waals surface area contributed by atoms with Crippen LogP contribution in [0.15, 0.2) is 36.4 Å². The Kier molecular flexibility index (Phi) is 5.49. The highest BCUT2D eigenvalue weighted by atomic mass is 19.4. The van der Waals surface area contributed by atoms with Crippen molar-refractivity contribution < 1.29 is 27.5 Å². The second-order valence-corrected chi connectivity index (χ2v) is 8.19. The topological polar surface area (TPSA) is 102 Å². The molecule has 2 aliphatic heterocycles. The van der Waals surface area contributed by atoms with E-state index in [9.17, 15) is 22.8 Å². The van der Waals surface area contributed by atoms with Crippen LogP contribution in [-0.2, 0) is 10.9 Å². The number of amides is 2. The van der Waals surface area contributed by atoms with Crippen LogP contribution in [0.4, 0.5) is 24.5 Å². The molecule has 0 saturated carbocycles. The number of alkyl halides is 3. The molecule has 32 heavy (non-hydrogen) atoms. The van der Waals surface area contributed by atoms with Crippen molar-refractivity contribution in [3.63, 3.8) is 0 Å². The lowest BCUT2D eigenvalue weighted by atomic mass is 10.0. The van der Waals surface area contributed by atoms with Gasteiger partial charge in [0.15, 0.2) is 0 Å². The van der Waals surface area contributed by atoms with E-state index in [1.807, 2.05) is 13.0 Å². The summed E-state index contributed by atoms with van der Waals surface area (Å²) < 4.78 is 44.5. The quantitative estimate of drug-likeness (QED) is 0.688. The normalized spacial score (nSPS) is 20.9. The number of hydrogen-bond acceptors (Lipinski definition) is 5. The number of carbonyl (C=O) groups is 2. The molecule has 2 fully saturated rings. The molecule has 2 atom stereocenters. The fourth-order valence-electron chi connectivity index (χ4n) is 4.18. The fraction of sp³-hybridized carbons (Fsp3) is 0.364. The number of nitrogens with two attached hydrogens (primary N) is 2. The Labute approximate surface area is 182 Å². The molecule has 0 radical (unpaired) electrons. The predicted molar refractivity (Wildman–Crippen MR) is 112 cm³/mol. The number of morpholine rings is 2. The van der Waals surface area contributed by atoms with E-state index >= 15 is 0 Å². The standard InChI is InChI=1S/C22H23F3N4O3/c1-12-2-4-16(18(26)6-12)20(30)28-8-14-10-29(11-15(9-28)32-14)21(31)17-5-3-13(7-19(17)27)22(23,24)25/h2-7,14-15H,8-11,26-27H2,1H3. The minimum Gasteiger partial charge on any atom is -0.398 e. The Morgan fingerprint density at radius 1 is 0.875 bits per heavy atom. The first-order valence-corrected chi connectivity index (χ1v) is 10.1. The summed E-state index contributed by atoms with van der Waals surface area (Å²) >= 11 is 0. The highest BCUT2D eigenvalue weighted by Gasteiger charge is 2.39. The van der Waals surface area contributed by atoms with Gasteiger partial charge in [0.1, 0.15) is 0 Å². The van der Waals surface area contributed by atoms with E-state index in [1.54, 1.807) is 17.0 Å². The maximum absolute atomic E-state index is 13.0. The van der Waals surface area contributed by atoms with E-state index < -0.39 is 29.9 Å². The lowest BCUT2D eigenvalue weighted by Crippen LogP contribution is -2.61. The van der Waals surface area contributed by atoms with Crippen molar-refractivity contribution in [1.82, 2.24) is 9.80 Å². The van der Waals surface area contributed by atoms with Crippen molar-refractivity contribution in [3.8, 4) is 0 Å². The van der Waals surface area contributed by atoms with Gasteiger partial charge in [0.25, 0.3) is 11.8 Å². The second-order valence-electron chi connectivity index (χ2n) is 8.19. The lowest BCUT2D eigenvalue weighted by Gasteiger charge is -2.45. The van der Waals surface area contributed by atoms with Gasteiger partial charge in [-0.2, -0.15) is 13.2 Å². The van der Waals surface area contributed by atoms with E-state index in [1.165, 1.54) is 4.90 Å². The van der Waals surface area contributed by atoms with Crippen LogP contribution in [0.1, 0.15) is 31.8 Å². The summed E-state index contributed by atoms with van der Waals surface area (Å²) in [6.45, 7) is 2.83. The molecule has 0 aliphatic carbocycles. The van der Waals surface area contributed by atoms with Gasteiger partial charge in [-0.15, -0.1) is 0 Å². The summed E-state index contributed by atoms with van der Waals surface area (Å²) in [5.41, 5.74) is 12.4. The van der Waals surface area contributed by atoms with Crippen LogP contribution in [-0.4, -0.2) is 60.0 Å². The fourth-order valence-corrected chi connectivity index (χ4v) is 4.18. The molecule has 10 heteroatoms. The summed E-state index contributed by atoms with van der Waals surface area (Å²) in [5, 5.41) is 0. The van der Waals surface area contributed by atoms with Crippen LogP contribution in [0.2, 0.25) is 0 Å². The molecular formula is C22H23F3N4O3. The van der Waals surface area contributed by atoms with Crippen molar-refractivity contribution in [1.29, 1.82) is 0 Å². The van der Waals surface area contributed by atoms with Gasteiger partial charge in [0.05, 0.1) is 28.9 Å². The van der Waals surface area contributed by atoms with Gasteiger partial charge in [-0.05, 0) is 42.8 Å². The molecule has 0 aromatic heterocycles. The van der Waals surface area contributed by atoms with Crippen molar-refractivity contribution in [3.05, 3.63) is 58.7 Å². The number of anilines is 2. The number of hydrogen-bond donors (Lipinski definition) is 2. The number of carbonyl (C=O) groups excluding carboxylic acids is 2. The average Bonchev–Trinajstić information content (AvgIpc) is 2.71. The van der Waals surface area contributed by atoms with Gasteiger partial charge < -0.3 is 26.0 Å². The Morgan fingerprint density at radius 3 is 1.78 bits per heavy atom. The highest BCUT2D eigenvalue weighted by Crippen LogP contribution is 2.32. The molecular weight excluding hydrogens is 425 g/mol. The average molecular weight is 448 g/mol. The summed E-state index contributed by atoms with van der Waals surface area (Å²) in [7, 11) is 0. The van der Waals surface area contributed by atoms with E-state index in [0.717, 1.165) is 23.8 Å². The number of fused-ring (bicyclic) bond motifs is 2. The SMILES string of the molecule is Cc1ccc(C(=O)N2CC3CN(C(=O)c4ccc(C(F)(F)F)cc4N)CC(C2)O3)c(N)c1.